The molecule has 1 unspecified atom stereocenters. The fraction of sp³-hybridized carbons (Fsp3) is 0.647. The second kappa shape index (κ2) is 9.92. The van der Waals surface area contributed by atoms with E-state index in [0.29, 0.717) is 6.04 Å². The molecule has 0 aliphatic carbocycles. The van der Waals surface area contributed by atoms with Crippen molar-refractivity contribution in [3.8, 4) is 0 Å². The second-order valence-electron chi connectivity index (χ2n) is 5.51. The van der Waals surface area contributed by atoms with E-state index in [-0.39, 0.29) is 0 Å². The minimum atomic E-state index is 0.530. The Labute approximate surface area is 124 Å². The number of nitrogens with one attached hydrogen (secondary N) is 1. The summed E-state index contributed by atoms with van der Waals surface area (Å²) in [5, 5.41) is 3.50. The minimum absolute atomic E-state index is 0.530. The molecule has 0 radical (unpaired) electrons. The minimum Gasteiger partial charge on any atom is -0.382 e. The summed E-state index contributed by atoms with van der Waals surface area (Å²) in [5.41, 5.74) is 2.72. The molecule has 1 aromatic rings. The number of ether oxygens (including phenoxy) is 1. The van der Waals surface area contributed by atoms with Crippen molar-refractivity contribution in [1.82, 2.24) is 10.2 Å². The normalized spacial score (nSPS) is 12.8. The summed E-state index contributed by atoms with van der Waals surface area (Å²) in [7, 11) is 2.19. The average molecular weight is 278 g/mol. The van der Waals surface area contributed by atoms with Crippen LogP contribution in [0.25, 0.3) is 0 Å². The number of likely N-dealkylation sites (N-methyl/N-ethyl adjacent to an activating group) is 1. The molecule has 0 amide bonds. The fourth-order valence-corrected chi connectivity index (χ4v) is 2.16. The Bertz CT molecular complexity index is 368. The Balaban J connectivity index is 2.20. The number of benzene rings is 1. The Morgan fingerprint density at radius 3 is 2.85 bits per heavy atom. The van der Waals surface area contributed by atoms with Gasteiger partial charge in [0.2, 0.25) is 0 Å². The molecule has 0 aromatic heterocycles. The van der Waals surface area contributed by atoms with Crippen LogP contribution in [0.2, 0.25) is 0 Å². The highest BCUT2D eigenvalue weighted by Crippen LogP contribution is 2.08. The smallest absolute Gasteiger partial charge is 0.0477 e. The van der Waals surface area contributed by atoms with Gasteiger partial charge in [0.05, 0.1) is 0 Å². The van der Waals surface area contributed by atoms with Crippen molar-refractivity contribution in [3.05, 3.63) is 35.4 Å². The van der Waals surface area contributed by atoms with Crippen LogP contribution >= 0.6 is 0 Å². The van der Waals surface area contributed by atoms with E-state index in [9.17, 15) is 0 Å². The van der Waals surface area contributed by atoms with Crippen LogP contribution in [-0.4, -0.2) is 44.3 Å². The van der Waals surface area contributed by atoms with Gasteiger partial charge in [0, 0.05) is 32.3 Å². The number of aryl methyl sites for hydroxylation is 1. The molecule has 0 saturated carbocycles. The van der Waals surface area contributed by atoms with Gasteiger partial charge in [-0.2, -0.15) is 0 Å². The molecular weight excluding hydrogens is 248 g/mol. The molecule has 0 bridgehead atoms. The highest BCUT2D eigenvalue weighted by Gasteiger charge is 2.09. The zero-order valence-electron chi connectivity index (χ0n) is 13.5. The van der Waals surface area contributed by atoms with Gasteiger partial charge in [-0.1, -0.05) is 29.8 Å². The molecule has 0 fully saturated rings. The molecule has 0 heterocycles. The summed E-state index contributed by atoms with van der Waals surface area (Å²) in [6.07, 6.45) is 1.09. The van der Waals surface area contributed by atoms with Crippen molar-refractivity contribution in [3.63, 3.8) is 0 Å². The third-order valence-electron chi connectivity index (χ3n) is 3.55. The summed E-state index contributed by atoms with van der Waals surface area (Å²) in [6, 6.07) is 9.27. The number of rotatable bonds is 10. The SMILES string of the molecule is CCOCCCNCC(C)N(C)Cc1cccc(C)c1. The first-order valence-corrected chi connectivity index (χ1v) is 7.67. The first-order valence-electron chi connectivity index (χ1n) is 7.67. The lowest BCUT2D eigenvalue weighted by molar-refractivity contribution is 0.144. The summed E-state index contributed by atoms with van der Waals surface area (Å²) in [5.74, 6) is 0. The van der Waals surface area contributed by atoms with Gasteiger partial charge in [-0.25, -0.2) is 0 Å². The highest BCUT2D eigenvalue weighted by atomic mass is 16.5. The third kappa shape index (κ3) is 7.04. The zero-order valence-corrected chi connectivity index (χ0v) is 13.5. The van der Waals surface area contributed by atoms with Crippen molar-refractivity contribution in [1.29, 1.82) is 0 Å². The maximum atomic E-state index is 5.33. The average Bonchev–Trinajstić information content (AvgIpc) is 2.42. The molecule has 1 aromatic carbocycles. The predicted molar refractivity (Wildman–Crippen MR) is 86.1 cm³/mol. The molecule has 20 heavy (non-hydrogen) atoms. The van der Waals surface area contributed by atoms with E-state index in [2.05, 4.69) is 55.4 Å². The monoisotopic (exact) mass is 278 g/mol. The van der Waals surface area contributed by atoms with Crippen molar-refractivity contribution >= 4 is 0 Å². The first-order chi connectivity index (χ1) is 9.63. The Morgan fingerprint density at radius 1 is 1.35 bits per heavy atom. The lowest BCUT2D eigenvalue weighted by Gasteiger charge is -2.25. The zero-order chi connectivity index (χ0) is 14.8. The molecule has 0 spiro atoms. The molecular formula is C17H30N2O. The molecule has 1 atom stereocenters. The molecule has 0 aliphatic heterocycles. The van der Waals surface area contributed by atoms with Gasteiger partial charge in [0.15, 0.2) is 0 Å². The third-order valence-corrected chi connectivity index (χ3v) is 3.55. The maximum absolute atomic E-state index is 5.33. The van der Waals surface area contributed by atoms with Crippen LogP contribution in [-0.2, 0) is 11.3 Å². The summed E-state index contributed by atoms with van der Waals surface area (Å²) >= 11 is 0. The molecule has 114 valence electrons. The number of nitrogens with zero attached hydrogens (tertiary/aromatic N) is 1. The van der Waals surface area contributed by atoms with Gasteiger partial charge in [-0.15, -0.1) is 0 Å². The van der Waals surface area contributed by atoms with Gasteiger partial charge in [0.25, 0.3) is 0 Å². The highest BCUT2D eigenvalue weighted by molar-refractivity contribution is 5.22. The van der Waals surface area contributed by atoms with E-state index >= 15 is 0 Å². The van der Waals surface area contributed by atoms with Crippen molar-refractivity contribution in [2.24, 2.45) is 0 Å². The standard InChI is InChI=1S/C17H30N2O/c1-5-20-11-7-10-18-13-16(3)19(4)14-17-9-6-8-15(2)12-17/h6,8-9,12,16,18H,5,7,10-11,13-14H2,1-4H3. The lowest BCUT2D eigenvalue weighted by Crippen LogP contribution is -2.38. The molecule has 0 saturated heterocycles. The van der Waals surface area contributed by atoms with E-state index in [1.165, 1.54) is 11.1 Å². The van der Waals surface area contributed by atoms with E-state index in [1.807, 2.05) is 6.92 Å². The Morgan fingerprint density at radius 2 is 2.15 bits per heavy atom. The summed E-state index contributed by atoms with van der Waals surface area (Å²) in [4.78, 5) is 2.39. The van der Waals surface area contributed by atoms with E-state index < -0.39 is 0 Å². The molecule has 1 N–H and O–H groups in total. The van der Waals surface area contributed by atoms with Gasteiger partial charge in [0.1, 0.15) is 0 Å². The van der Waals surface area contributed by atoms with E-state index in [1.54, 1.807) is 0 Å². The Kier molecular flexibility index (Phi) is 8.51. The van der Waals surface area contributed by atoms with Gasteiger partial charge < -0.3 is 10.1 Å². The number of hydrogen-bond acceptors (Lipinski definition) is 3. The quantitative estimate of drug-likeness (QED) is 0.666. The van der Waals surface area contributed by atoms with Crippen molar-refractivity contribution in [2.75, 3.05) is 33.4 Å². The lowest BCUT2D eigenvalue weighted by atomic mass is 10.1. The van der Waals surface area contributed by atoms with Crippen molar-refractivity contribution < 1.29 is 4.74 Å². The fourth-order valence-electron chi connectivity index (χ4n) is 2.16. The largest absolute Gasteiger partial charge is 0.382 e. The maximum Gasteiger partial charge on any atom is 0.0477 e. The molecule has 0 aliphatic rings. The van der Waals surface area contributed by atoms with Crippen LogP contribution in [0.5, 0.6) is 0 Å². The predicted octanol–water partition coefficient (Wildman–Crippen LogP) is 2.83. The summed E-state index contributed by atoms with van der Waals surface area (Å²) < 4.78 is 5.33. The van der Waals surface area contributed by atoms with Gasteiger partial charge in [-0.3, -0.25) is 4.90 Å². The summed E-state index contributed by atoms with van der Waals surface area (Å²) in [6.45, 7) is 11.2. The van der Waals surface area contributed by atoms with Crippen molar-refractivity contribution in [2.45, 2.75) is 39.8 Å². The van der Waals surface area contributed by atoms with E-state index in [4.69, 9.17) is 4.74 Å². The van der Waals surface area contributed by atoms with Crippen LogP contribution in [0.3, 0.4) is 0 Å². The first kappa shape index (κ1) is 17.2. The molecule has 3 heteroatoms. The molecule has 1 rings (SSSR count). The second-order valence-corrected chi connectivity index (χ2v) is 5.51. The van der Waals surface area contributed by atoms with Gasteiger partial charge in [-0.05, 0) is 46.3 Å². The van der Waals surface area contributed by atoms with E-state index in [0.717, 1.165) is 39.3 Å². The van der Waals surface area contributed by atoms with Gasteiger partial charge >= 0.3 is 0 Å². The topological polar surface area (TPSA) is 24.5 Å². The number of hydrogen-bond donors (Lipinski definition) is 1. The van der Waals surface area contributed by atoms with Crippen LogP contribution < -0.4 is 5.32 Å². The Hall–Kier alpha value is -0.900. The van der Waals surface area contributed by atoms with Crippen LogP contribution in [0, 0.1) is 6.92 Å². The molecule has 3 nitrogen and oxygen atoms in total. The van der Waals surface area contributed by atoms with Crippen LogP contribution in [0.4, 0.5) is 0 Å². The van der Waals surface area contributed by atoms with Crippen LogP contribution in [0.15, 0.2) is 24.3 Å². The van der Waals surface area contributed by atoms with Crippen LogP contribution in [0.1, 0.15) is 31.4 Å².